The minimum absolute atomic E-state index is 0.0787. The molecule has 0 fully saturated rings. The van der Waals surface area contributed by atoms with E-state index < -0.39 is 11.8 Å². The predicted octanol–water partition coefficient (Wildman–Crippen LogP) is 0.0501. The van der Waals surface area contributed by atoms with Crippen molar-refractivity contribution in [3.63, 3.8) is 0 Å². The monoisotopic (exact) mass is 103 g/mol. The molecule has 0 radical (unpaired) electrons. The Morgan fingerprint density at radius 2 is 2.00 bits per heavy atom. The van der Waals surface area contributed by atoms with Crippen LogP contribution >= 0.6 is 0 Å². The summed E-state index contributed by atoms with van der Waals surface area (Å²) in [6.07, 6.45) is 0.0787. The van der Waals surface area contributed by atoms with E-state index in [1.54, 1.807) is 0 Å². The fourth-order valence-corrected chi connectivity index (χ4v) is 0.151. The lowest BCUT2D eigenvalue weighted by molar-refractivity contribution is -0.148. The molecule has 0 saturated carbocycles. The van der Waals surface area contributed by atoms with E-state index in [2.05, 4.69) is 0 Å². The van der Waals surface area contributed by atoms with E-state index in [0.717, 1.165) is 0 Å². The standard InChI is InChI=1S/C4H6O3/c1-2-3(5)4(6)7/h2H2,1H3,(H,6,7)/i3+1. The van der Waals surface area contributed by atoms with Gasteiger partial charge < -0.3 is 5.11 Å². The summed E-state index contributed by atoms with van der Waals surface area (Å²) in [4.78, 5) is 19.5. The van der Waals surface area contributed by atoms with E-state index in [1.165, 1.54) is 6.92 Å². The number of carboxylic acids is 1. The van der Waals surface area contributed by atoms with Gasteiger partial charge in [-0.2, -0.15) is 0 Å². The molecule has 0 aromatic carbocycles. The molecule has 0 spiro atoms. The van der Waals surface area contributed by atoms with Crippen molar-refractivity contribution in [1.29, 1.82) is 0 Å². The highest BCUT2D eigenvalue weighted by Gasteiger charge is 2.05. The second-order valence-electron chi connectivity index (χ2n) is 1.08. The number of carboxylic acid groups (broad SMARTS) is 1. The number of rotatable bonds is 2. The van der Waals surface area contributed by atoms with Crippen molar-refractivity contribution in [1.82, 2.24) is 0 Å². The van der Waals surface area contributed by atoms with Gasteiger partial charge in [-0.3, -0.25) is 4.79 Å². The number of ketones is 1. The first-order valence-corrected chi connectivity index (χ1v) is 1.94. The summed E-state index contributed by atoms with van der Waals surface area (Å²) in [6.45, 7) is 1.51. The van der Waals surface area contributed by atoms with Crippen molar-refractivity contribution in [2.45, 2.75) is 13.3 Å². The zero-order chi connectivity index (χ0) is 5.86. The molecule has 0 unspecified atom stereocenters. The minimum Gasteiger partial charge on any atom is -0.476 e. The molecular weight excluding hydrogens is 97.0 g/mol. The third-order valence-corrected chi connectivity index (χ3v) is 0.560. The first kappa shape index (κ1) is 6.14. The zero-order valence-electron chi connectivity index (χ0n) is 3.97. The lowest BCUT2D eigenvalue weighted by Crippen LogP contribution is -2.09. The molecule has 0 bridgehead atoms. The number of hydrogen-bond donors (Lipinski definition) is 1. The Morgan fingerprint density at radius 3 is 2.00 bits per heavy atom. The second kappa shape index (κ2) is 2.34. The molecule has 0 aliphatic rings. The van der Waals surface area contributed by atoms with Gasteiger partial charge in [0, 0.05) is 6.42 Å². The highest BCUT2D eigenvalue weighted by atomic mass is 16.4. The summed E-state index contributed by atoms with van der Waals surface area (Å²) < 4.78 is 0. The van der Waals surface area contributed by atoms with Crippen molar-refractivity contribution < 1.29 is 14.7 Å². The molecule has 7 heavy (non-hydrogen) atoms. The van der Waals surface area contributed by atoms with Crippen molar-refractivity contribution in [2.24, 2.45) is 0 Å². The summed E-state index contributed by atoms with van der Waals surface area (Å²) >= 11 is 0. The van der Waals surface area contributed by atoms with Gasteiger partial charge in [-0.05, 0) is 0 Å². The molecule has 3 heteroatoms. The Kier molecular flexibility index (Phi) is 2.05. The molecule has 0 amide bonds. The van der Waals surface area contributed by atoms with Crippen LogP contribution in [0.2, 0.25) is 0 Å². The average Bonchev–Trinajstić information content (AvgIpc) is 1.65. The number of carbonyl (C=O) groups excluding carboxylic acids is 1. The number of Topliss-reactive ketones (excluding diaryl/α,β-unsaturated/α-hetero) is 1. The molecule has 40 valence electrons. The maximum atomic E-state index is 9.91. The zero-order valence-corrected chi connectivity index (χ0v) is 3.97. The number of hydrogen-bond acceptors (Lipinski definition) is 2. The molecule has 0 aliphatic carbocycles. The van der Waals surface area contributed by atoms with Gasteiger partial charge in [0.05, 0.1) is 0 Å². The topological polar surface area (TPSA) is 54.4 Å². The highest BCUT2D eigenvalue weighted by Crippen LogP contribution is 1.76. The molecular formula is C4H6O3. The van der Waals surface area contributed by atoms with Gasteiger partial charge in [-0.25, -0.2) is 4.79 Å². The Labute approximate surface area is 41.0 Å². The second-order valence-corrected chi connectivity index (χ2v) is 1.08. The van der Waals surface area contributed by atoms with Crippen molar-refractivity contribution in [3.05, 3.63) is 0 Å². The van der Waals surface area contributed by atoms with Crippen LogP contribution in [-0.4, -0.2) is 16.9 Å². The summed E-state index contributed by atoms with van der Waals surface area (Å²) in [5.41, 5.74) is 0. The summed E-state index contributed by atoms with van der Waals surface area (Å²) in [5.74, 6) is -2.08. The summed E-state index contributed by atoms with van der Waals surface area (Å²) in [5, 5.41) is 7.83. The SMILES string of the molecule is CC[13C](=O)C(=O)O. The number of aliphatic carboxylic acids is 1. The van der Waals surface area contributed by atoms with E-state index in [-0.39, 0.29) is 6.42 Å². The van der Waals surface area contributed by atoms with Crippen molar-refractivity contribution in [2.75, 3.05) is 0 Å². The Hall–Kier alpha value is -0.860. The van der Waals surface area contributed by atoms with Crippen LogP contribution in [0.3, 0.4) is 0 Å². The first-order chi connectivity index (χ1) is 3.18. The first-order valence-electron chi connectivity index (χ1n) is 1.94. The molecule has 0 aliphatic heterocycles. The van der Waals surface area contributed by atoms with Gasteiger partial charge in [0.15, 0.2) is 0 Å². The molecule has 1 N–H and O–H groups in total. The largest absolute Gasteiger partial charge is 0.476 e. The predicted molar refractivity (Wildman–Crippen MR) is 22.9 cm³/mol. The van der Waals surface area contributed by atoms with E-state index in [9.17, 15) is 9.59 Å². The average molecular weight is 103 g/mol. The van der Waals surface area contributed by atoms with Crippen LogP contribution in [-0.2, 0) is 9.59 Å². The van der Waals surface area contributed by atoms with Crippen LogP contribution in [0, 0.1) is 0 Å². The van der Waals surface area contributed by atoms with E-state index in [0.29, 0.717) is 0 Å². The highest BCUT2D eigenvalue weighted by molar-refractivity contribution is 6.32. The quantitative estimate of drug-likeness (QED) is 0.397. The Balaban J connectivity index is 3.58. The van der Waals surface area contributed by atoms with Gasteiger partial charge in [0.1, 0.15) is 0 Å². The third-order valence-electron chi connectivity index (χ3n) is 0.560. The Morgan fingerprint density at radius 1 is 1.57 bits per heavy atom. The van der Waals surface area contributed by atoms with Gasteiger partial charge in [-0.15, -0.1) is 0 Å². The molecule has 0 atom stereocenters. The molecule has 0 rings (SSSR count). The van der Waals surface area contributed by atoms with E-state index in [1.807, 2.05) is 0 Å². The summed E-state index contributed by atoms with van der Waals surface area (Å²) in [7, 11) is 0. The smallest absolute Gasteiger partial charge is 0.372 e. The van der Waals surface area contributed by atoms with Crippen molar-refractivity contribution >= 4 is 11.8 Å². The lowest BCUT2D eigenvalue weighted by Gasteiger charge is -1.80. The van der Waals surface area contributed by atoms with Crippen LogP contribution in [0.1, 0.15) is 13.3 Å². The number of carbonyl (C=O) groups is 2. The van der Waals surface area contributed by atoms with E-state index >= 15 is 0 Å². The molecule has 0 saturated heterocycles. The van der Waals surface area contributed by atoms with Crippen molar-refractivity contribution in [3.8, 4) is 0 Å². The molecule has 0 aromatic heterocycles. The van der Waals surface area contributed by atoms with Gasteiger partial charge in [-0.1, -0.05) is 6.92 Å². The van der Waals surface area contributed by atoms with Gasteiger partial charge in [0.25, 0.3) is 0 Å². The maximum absolute atomic E-state index is 9.91. The Bertz CT molecular complexity index is 95.1. The normalized spacial score (nSPS) is 8.14. The van der Waals surface area contributed by atoms with Gasteiger partial charge in [0.2, 0.25) is 5.78 Å². The lowest BCUT2D eigenvalue weighted by atomic mass is 10.6. The molecule has 0 aromatic rings. The minimum atomic E-state index is -1.34. The molecule has 0 heterocycles. The third kappa shape index (κ3) is 1.92. The van der Waals surface area contributed by atoms with E-state index in [4.69, 9.17) is 5.11 Å². The molecule has 3 nitrogen and oxygen atoms in total. The van der Waals surface area contributed by atoms with Crippen LogP contribution < -0.4 is 0 Å². The van der Waals surface area contributed by atoms with Crippen LogP contribution in [0.5, 0.6) is 0 Å². The fraction of sp³-hybridized carbons (Fsp3) is 0.500. The van der Waals surface area contributed by atoms with Crippen LogP contribution in [0.4, 0.5) is 0 Å². The fourth-order valence-electron chi connectivity index (χ4n) is 0.151. The summed E-state index contributed by atoms with van der Waals surface area (Å²) in [6, 6.07) is 0. The van der Waals surface area contributed by atoms with Gasteiger partial charge >= 0.3 is 5.97 Å². The van der Waals surface area contributed by atoms with Crippen LogP contribution in [0.15, 0.2) is 0 Å². The maximum Gasteiger partial charge on any atom is 0.372 e. The van der Waals surface area contributed by atoms with Crippen LogP contribution in [0.25, 0.3) is 0 Å².